The third-order valence-corrected chi connectivity index (χ3v) is 6.67. The number of carbonyl (C=O) groups is 1. The van der Waals surface area contributed by atoms with Crippen LogP contribution in [-0.2, 0) is 11.3 Å². The van der Waals surface area contributed by atoms with E-state index in [4.69, 9.17) is 0 Å². The molecule has 3 aliphatic rings. The second kappa shape index (κ2) is 7.86. The molecule has 0 aromatic carbocycles. The van der Waals surface area contributed by atoms with Crippen molar-refractivity contribution in [3.8, 4) is 0 Å². The van der Waals surface area contributed by atoms with E-state index in [1.165, 1.54) is 50.8 Å². The van der Waals surface area contributed by atoms with E-state index >= 15 is 0 Å². The Kier molecular flexibility index (Phi) is 5.35. The van der Waals surface area contributed by atoms with E-state index in [9.17, 15) is 4.79 Å². The molecule has 1 aliphatic carbocycles. The molecule has 3 fully saturated rings. The quantitative estimate of drug-likeness (QED) is 0.843. The van der Waals surface area contributed by atoms with Crippen LogP contribution < -0.4 is 0 Å². The Morgan fingerprint density at radius 3 is 2.52 bits per heavy atom. The fourth-order valence-electron chi connectivity index (χ4n) is 5.14. The molecule has 1 amide bonds. The molecule has 2 saturated heterocycles. The monoisotopic (exact) mass is 341 g/mol. The maximum Gasteiger partial charge on any atom is 0.225 e. The van der Waals surface area contributed by atoms with Gasteiger partial charge in [-0.05, 0) is 68.7 Å². The molecule has 3 heterocycles. The van der Waals surface area contributed by atoms with Crippen LogP contribution >= 0.6 is 0 Å². The molecule has 0 unspecified atom stereocenters. The highest BCUT2D eigenvalue weighted by molar-refractivity contribution is 5.79. The second-order valence-electron chi connectivity index (χ2n) is 8.29. The minimum absolute atomic E-state index is 0.347. The zero-order valence-corrected chi connectivity index (χ0v) is 15.3. The highest BCUT2D eigenvalue weighted by Gasteiger charge is 2.36. The molecular weight excluding hydrogens is 310 g/mol. The predicted molar refractivity (Wildman–Crippen MR) is 98.9 cm³/mol. The lowest BCUT2D eigenvalue weighted by Gasteiger charge is -2.35. The lowest BCUT2D eigenvalue weighted by atomic mass is 9.83. The minimum atomic E-state index is 0.347. The Morgan fingerprint density at radius 2 is 1.80 bits per heavy atom. The fraction of sp³-hybridized carbons (Fsp3) is 0.714. The summed E-state index contributed by atoms with van der Waals surface area (Å²) in [4.78, 5) is 21.6. The van der Waals surface area contributed by atoms with Crippen molar-refractivity contribution in [1.29, 1.82) is 0 Å². The first-order valence-corrected chi connectivity index (χ1v) is 10.2. The number of piperidine rings is 1. The van der Waals surface area contributed by atoms with E-state index in [-0.39, 0.29) is 0 Å². The van der Waals surface area contributed by atoms with Crippen molar-refractivity contribution in [2.75, 3.05) is 26.2 Å². The molecule has 4 heteroatoms. The Morgan fingerprint density at radius 1 is 1.04 bits per heavy atom. The molecule has 0 radical (unpaired) electrons. The molecule has 0 N–H and O–H groups in total. The number of aromatic nitrogens is 1. The van der Waals surface area contributed by atoms with Crippen molar-refractivity contribution in [3.63, 3.8) is 0 Å². The van der Waals surface area contributed by atoms with Gasteiger partial charge in [0.25, 0.3) is 0 Å². The number of pyridine rings is 1. The number of hydrogen-bond donors (Lipinski definition) is 0. The lowest BCUT2D eigenvalue weighted by Crippen LogP contribution is -2.37. The van der Waals surface area contributed by atoms with E-state index in [1.54, 1.807) is 0 Å². The summed E-state index contributed by atoms with van der Waals surface area (Å²) in [6.45, 7) is 5.44. The fourth-order valence-corrected chi connectivity index (χ4v) is 5.14. The average Bonchev–Trinajstić information content (AvgIpc) is 3.35. The van der Waals surface area contributed by atoms with Gasteiger partial charge in [-0.15, -0.1) is 0 Å². The number of hydrogen-bond acceptors (Lipinski definition) is 3. The first kappa shape index (κ1) is 17.0. The van der Waals surface area contributed by atoms with Crippen LogP contribution in [0.3, 0.4) is 0 Å². The Bertz CT molecular complexity index is 562. The summed E-state index contributed by atoms with van der Waals surface area (Å²) in [5.41, 5.74) is 1.31. The number of likely N-dealkylation sites (tertiary alicyclic amines) is 2. The van der Waals surface area contributed by atoms with Crippen LogP contribution in [0.25, 0.3) is 0 Å². The zero-order chi connectivity index (χ0) is 17.1. The third kappa shape index (κ3) is 4.05. The molecule has 0 bridgehead atoms. The molecule has 1 saturated carbocycles. The molecule has 136 valence electrons. The molecule has 1 aromatic rings. The van der Waals surface area contributed by atoms with Crippen LogP contribution in [-0.4, -0.2) is 46.9 Å². The molecule has 2 aliphatic heterocycles. The number of nitrogens with zero attached hydrogens (tertiary/aromatic N) is 3. The molecule has 0 spiro atoms. The SMILES string of the molecule is O=C(C1CCCC1)N1CC[C@@H](C2CCN(Cc3cccnc3)CC2)C1. The van der Waals surface area contributed by atoms with Crippen molar-refractivity contribution < 1.29 is 4.79 Å². The maximum absolute atomic E-state index is 12.6. The number of carbonyl (C=O) groups excluding carboxylic acids is 1. The summed E-state index contributed by atoms with van der Waals surface area (Å²) < 4.78 is 0. The van der Waals surface area contributed by atoms with Crippen molar-refractivity contribution in [1.82, 2.24) is 14.8 Å². The zero-order valence-electron chi connectivity index (χ0n) is 15.3. The van der Waals surface area contributed by atoms with Gasteiger partial charge in [0.05, 0.1) is 0 Å². The Hall–Kier alpha value is -1.42. The molecule has 1 aromatic heterocycles. The average molecular weight is 341 g/mol. The summed E-state index contributed by atoms with van der Waals surface area (Å²) in [6.07, 6.45) is 12.4. The van der Waals surface area contributed by atoms with E-state index in [0.29, 0.717) is 11.8 Å². The largest absolute Gasteiger partial charge is 0.342 e. The summed E-state index contributed by atoms with van der Waals surface area (Å²) in [6, 6.07) is 4.19. The standard InChI is InChI=1S/C21H31N3O/c25-21(19-5-1-2-6-19)24-13-9-20(16-24)18-7-11-23(12-8-18)15-17-4-3-10-22-14-17/h3-4,10,14,18-20H,1-2,5-9,11-13,15-16H2/t20-/m1/s1. The summed E-state index contributed by atoms with van der Waals surface area (Å²) in [5, 5.41) is 0. The van der Waals surface area contributed by atoms with Crippen LogP contribution in [0, 0.1) is 17.8 Å². The van der Waals surface area contributed by atoms with Crippen molar-refractivity contribution in [2.45, 2.75) is 51.5 Å². The van der Waals surface area contributed by atoms with Crippen molar-refractivity contribution in [2.24, 2.45) is 17.8 Å². The van der Waals surface area contributed by atoms with Gasteiger partial charge in [0.1, 0.15) is 0 Å². The maximum atomic E-state index is 12.6. The highest BCUT2D eigenvalue weighted by Crippen LogP contribution is 2.34. The molecule has 4 rings (SSSR count). The molecule has 25 heavy (non-hydrogen) atoms. The minimum Gasteiger partial charge on any atom is -0.342 e. The first-order valence-electron chi connectivity index (χ1n) is 10.2. The Balaban J connectivity index is 1.24. The van der Waals surface area contributed by atoms with Crippen LogP contribution in [0.5, 0.6) is 0 Å². The van der Waals surface area contributed by atoms with E-state index in [0.717, 1.165) is 44.3 Å². The van der Waals surface area contributed by atoms with E-state index in [2.05, 4.69) is 20.9 Å². The van der Waals surface area contributed by atoms with Gasteiger partial charge in [0.2, 0.25) is 5.91 Å². The number of amides is 1. The van der Waals surface area contributed by atoms with Gasteiger partial charge < -0.3 is 4.90 Å². The predicted octanol–water partition coefficient (Wildman–Crippen LogP) is 3.33. The van der Waals surface area contributed by atoms with Gasteiger partial charge >= 0.3 is 0 Å². The highest BCUT2D eigenvalue weighted by atomic mass is 16.2. The van der Waals surface area contributed by atoms with Gasteiger partial charge in [-0.2, -0.15) is 0 Å². The van der Waals surface area contributed by atoms with Gasteiger partial charge in [-0.25, -0.2) is 0 Å². The third-order valence-electron chi connectivity index (χ3n) is 6.67. The van der Waals surface area contributed by atoms with Crippen LogP contribution in [0.2, 0.25) is 0 Å². The summed E-state index contributed by atoms with van der Waals surface area (Å²) >= 11 is 0. The van der Waals surface area contributed by atoms with Gasteiger partial charge in [-0.1, -0.05) is 18.9 Å². The van der Waals surface area contributed by atoms with Crippen molar-refractivity contribution >= 4 is 5.91 Å². The summed E-state index contributed by atoms with van der Waals surface area (Å²) in [7, 11) is 0. The number of rotatable bonds is 4. The van der Waals surface area contributed by atoms with Crippen LogP contribution in [0.1, 0.15) is 50.5 Å². The smallest absolute Gasteiger partial charge is 0.225 e. The lowest BCUT2D eigenvalue weighted by molar-refractivity contribution is -0.134. The van der Waals surface area contributed by atoms with Gasteiger partial charge in [-0.3, -0.25) is 14.7 Å². The van der Waals surface area contributed by atoms with Gasteiger partial charge in [0.15, 0.2) is 0 Å². The van der Waals surface area contributed by atoms with Crippen LogP contribution in [0.4, 0.5) is 0 Å². The van der Waals surface area contributed by atoms with Crippen molar-refractivity contribution in [3.05, 3.63) is 30.1 Å². The van der Waals surface area contributed by atoms with Crippen LogP contribution in [0.15, 0.2) is 24.5 Å². The normalized spacial score (nSPS) is 26.4. The van der Waals surface area contributed by atoms with E-state index in [1.807, 2.05) is 18.5 Å². The topological polar surface area (TPSA) is 36.4 Å². The Labute approximate surface area is 151 Å². The molecule has 4 nitrogen and oxygen atoms in total. The first-order chi connectivity index (χ1) is 12.3. The second-order valence-corrected chi connectivity index (χ2v) is 8.29. The molecule has 1 atom stereocenters. The summed E-state index contributed by atoms with van der Waals surface area (Å²) in [5.74, 6) is 2.37. The molecular formula is C21H31N3O. The van der Waals surface area contributed by atoms with E-state index < -0.39 is 0 Å². The van der Waals surface area contributed by atoms with Gasteiger partial charge in [0, 0.05) is 37.9 Å².